The Balaban J connectivity index is 1.26. The van der Waals surface area contributed by atoms with Gasteiger partial charge in [-0.1, -0.05) is 121 Å². The maximum Gasteiger partial charge on any atom is 0.263 e. The molecule has 2 nitrogen and oxygen atoms in total. The molecule has 0 spiro atoms. The maximum absolute atomic E-state index is 14.5. The summed E-state index contributed by atoms with van der Waals surface area (Å²) in [6.45, 7) is 0. The second-order valence-corrected chi connectivity index (χ2v) is 13.2. The van der Waals surface area contributed by atoms with Gasteiger partial charge in [-0.3, -0.25) is 9.20 Å². The van der Waals surface area contributed by atoms with Crippen LogP contribution in [0.25, 0.3) is 93.6 Å². The molecule has 0 radical (unpaired) electrons. The van der Waals surface area contributed by atoms with Crippen molar-refractivity contribution in [1.29, 1.82) is 0 Å². The molecule has 0 unspecified atom stereocenters. The van der Waals surface area contributed by atoms with Crippen molar-refractivity contribution in [2.24, 2.45) is 0 Å². The normalized spacial score (nSPS) is 11.5. The van der Waals surface area contributed by atoms with Crippen LogP contribution in [0.15, 0.2) is 181 Å². The van der Waals surface area contributed by atoms with Crippen LogP contribution < -0.4 is 5.56 Å². The number of hydrogen-bond donors (Lipinski definition) is 0. The predicted molar refractivity (Wildman–Crippen MR) is 212 cm³/mol. The molecule has 0 N–H and O–H groups in total. The molecule has 8 aromatic carbocycles. The van der Waals surface area contributed by atoms with E-state index in [1.54, 1.807) is 0 Å². The number of nitrogens with zero attached hydrogens (tertiary/aromatic N) is 1. The monoisotopic (exact) mass is 647 g/mol. The maximum atomic E-state index is 14.5. The van der Waals surface area contributed by atoms with Crippen LogP contribution in [0.4, 0.5) is 0 Å². The van der Waals surface area contributed by atoms with Crippen LogP contribution in [-0.4, -0.2) is 4.40 Å². The zero-order chi connectivity index (χ0) is 33.9. The lowest BCUT2D eigenvalue weighted by atomic mass is 9.94. The molecule has 0 aliphatic rings. The number of fused-ring (bicyclic) bond motifs is 5. The fourth-order valence-corrected chi connectivity index (χ4v) is 7.71. The third-order valence-electron chi connectivity index (χ3n) is 10.2. The largest absolute Gasteiger partial charge is 0.275 e. The molecule has 2 aromatic heterocycles. The van der Waals surface area contributed by atoms with E-state index >= 15 is 0 Å². The third kappa shape index (κ3) is 4.79. The summed E-state index contributed by atoms with van der Waals surface area (Å²) < 4.78 is 1.93. The predicted octanol–water partition coefficient (Wildman–Crippen LogP) is 12.1. The van der Waals surface area contributed by atoms with Crippen molar-refractivity contribution in [2.75, 3.05) is 0 Å². The molecule has 10 rings (SSSR count). The van der Waals surface area contributed by atoms with Gasteiger partial charge in [0.2, 0.25) is 0 Å². The Morgan fingerprint density at radius 1 is 0.353 bits per heavy atom. The minimum atomic E-state index is -0.00495. The summed E-state index contributed by atoms with van der Waals surface area (Å²) in [5.74, 6) is 0. The van der Waals surface area contributed by atoms with Gasteiger partial charge in [0.05, 0.1) is 11.0 Å². The zero-order valence-electron chi connectivity index (χ0n) is 27.6. The van der Waals surface area contributed by atoms with Gasteiger partial charge in [-0.25, -0.2) is 0 Å². The first-order valence-electron chi connectivity index (χ1n) is 17.2. The highest BCUT2D eigenvalue weighted by Crippen LogP contribution is 2.41. The fourth-order valence-electron chi connectivity index (χ4n) is 7.71. The Bertz CT molecular complexity index is 2960. The van der Waals surface area contributed by atoms with Gasteiger partial charge in [0.15, 0.2) is 0 Å². The minimum Gasteiger partial charge on any atom is -0.275 e. The molecule has 0 atom stereocenters. The van der Waals surface area contributed by atoms with Crippen LogP contribution in [0.2, 0.25) is 0 Å². The molecular formula is C49H29NO. The van der Waals surface area contributed by atoms with Crippen molar-refractivity contribution in [2.45, 2.75) is 0 Å². The first-order chi connectivity index (χ1) is 25.2. The summed E-state index contributed by atoms with van der Waals surface area (Å²) in [7, 11) is 0. The van der Waals surface area contributed by atoms with Crippen LogP contribution >= 0.6 is 0 Å². The van der Waals surface area contributed by atoms with Crippen molar-refractivity contribution in [3.63, 3.8) is 0 Å². The van der Waals surface area contributed by atoms with Crippen LogP contribution in [0.3, 0.4) is 0 Å². The van der Waals surface area contributed by atoms with Gasteiger partial charge in [-0.15, -0.1) is 0 Å². The van der Waals surface area contributed by atoms with E-state index in [4.69, 9.17) is 0 Å². The molecule has 0 aliphatic heterocycles. The number of pyridine rings is 1. The Kier molecular flexibility index (Phi) is 6.59. The molecule has 10 aromatic rings. The van der Waals surface area contributed by atoms with Crippen molar-refractivity contribution < 1.29 is 0 Å². The Hall–Kier alpha value is -6.95. The summed E-state index contributed by atoms with van der Waals surface area (Å²) in [5.41, 5.74) is 13.1. The van der Waals surface area contributed by atoms with E-state index in [0.717, 1.165) is 66.0 Å². The van der Waals surface area contributed by atoms with Gasteiger partial charge in [-0.05, 0) is 128 Å². The Morgan fingerprint density at radius 2 is 0.863 bits per heavy atom. The first-order valence-corrected chi connectivity index (χ1v) is 17.2. The molecule has 236 valence electrons. The molecule has 2 heterocycles. The standard InChI is InChI=1S/C49H29NO/c51-49-42-24-22-39(34-16-8-3-9-17-34)28-43(42)45-30-41(38-21-11-19-36(27-38)33-14-6-2-7-15-33)31-46-44-29-40(23-25-47(44)50(49)48(45)46)37-20-10-18-35(26-37)32-12-4-1-5-13-32/h1-2,4-8,10-31H. The van der Waals surface area contributed by atoms with E-state index in [2.05, 4.69) is 146 Å². The lowest BCUT2D eigenvalue weighted by Gasteiger charge is -2.12. The van der Waals surface area contributed by atoms with E-state index in [-0.39, 0.29) is 5.56 Å². The average Bonchev–Trinajstić information content (AvgIpc) is 3.55. The van der Waals surface area contributed by atoms with E-state index in [1.165, 1.54) is 22.3 Å². The molecule has 0 amide bonds. The van der Waals surface area contributed by atoms with Crippen LogP contribution in [0, 0.1) is 12.1 Å². The van der Waals surface area contributed by atoms with E-state index in [9.17, 15) is 4.79 Å². The lowest BCUT2D eigenvalue weighted by molar-refractivity contribution is 1.21. The van der Waals surface area contributed by atoms with Crippen molar-refractivity contribution >= 4 is 38.0 Å². The summed E-state index contributed by atoms with van der Waals surface area (Å²) in [4.78, 5) is 14.5. The number of rotatable bonds is 5. The number of benzene rings is 7. The molecule has 0 aliphatic carbocycles. The molecule has 2 heteroatoms. The van der Waals surface area contributed by atoms with Crippen molar-refractivity contribution in [3.8, 4) is 55.6 Å². The SMILES string of the molecule is O=c1c2ccc(-c3cc#ccc3)cc2c2cc(-c3cccc(-c4ccccc4)c3)cc3c4cc(-c5cccc(-c6ccccc6)c5)ccc4n1c23. The van der Waals surface area contributed by atoms with Gasteiger partial charge in [-0.2, -0.15) is 0 Å². The van der Waals surface area contributed by atoms with Crippen molar-refractivity contribution in [3.05, 3.63) is 198 Å². The quantitative estimate of drug-likeness (QED) is 0.170. The average molecular weight is 648 g/mol. The molecule has 0 bridgehead atoms. The van der Waals surface area contributed by atoms with Crippen LogP contribution in [0.1, 0.15) is 0 Å². The summed E-state index contributed by atoms with van der Waals surface area (Å²) in [6.07, 6.45) is 0. The molecular weight excluding hydrogens is 619 g/mol. The molecule has 0 fully saturated rings. The molecule has 51 heavy (non-hydrogen) atoms. The van der Waals surface area contributed by atoms with Gasteiger partial charge >= 0.3 is 0 Å². The van der Waals surface area contributed by atoms with E-state index in [1.807, 2.05) is 46.9 Å². The lowest BCUT2D eigenvalue weighted by Crippen LogP contribution is -2.13. The highest BCUT2D eigenvalue weighted by atomic mass is 16.1. The van der Waals surface area contributed by atoms with E-state index in [0.29, 0.717) is 5.39 Å². The van der Waals surface area contributed by atoms with Gasteiger partial charge in [0, 0.05) is 21.5 Å². The van der Waals surface area contributed by atoms with Gasteiger partial charge < -0.3 is 0 Å². The first kappa shape index (κ1) is 29.0. The molecule has 0 saturated heterocycles. The number of hydrogen-bond acceptors (Lipinski definition) is 1. The van der Waals surface area contributed by atoms with Crippen LogP contribution in [-0.2, 0) is 0 Å². The second-order valence-electron chi connectivity index (χ2n) is 13.2. The van der Waals surface area contributed by atoms with Gasteiger partial charge in [0.25, 0.3) is 5.56 Å². The zero-order valence-corrected chi connectivity index (χ0v) is 27.6. The summed E-state index contributed by atoms with van der Waals surface area (Å²) in [6, 6.07) is 67.6. The second kappa shape index (κ2) is 11.6. The highest BCUT2D eigenvalue weighted by Gasteiger charge is 2.20. The number of aromatic nitrogens is 1. The Labute approximate surface area is 295 Å². The van der Waals surface area contributed by atoms with E-state index < -0.39 is 0 Å². The van der Waals surface area contributed by atoms with Crippen molar-refractivity contribution in [1.82, 2.24) is 4.40 Å². The van der Waals surface area contributed by atoms with Gasteiger partial charge in [0.1, 0.15) is 0 Å². The third-order valence-corrected chi connectivity index (χ3v) is 10.2. The molecule has 0 saturated carbocycles. The Morgan fingerprint density at radius 3 is 1.51 bits per heavy atom. The summed E-state index contributed by atoms with van der Waals surface area (Å²) in [5, 5.41) is 4.83. The van der Waals surface area contributed by atoms with Crippen LogP contribution in [0.5, 0.6) is 0 Å². The summed E-state index contributed by atoms with van der Waals surface area (Å²) >= 11 is 0. The highest BCUT2D eigenvalue weighted by molar-refractivity contribution is 6.22. The minimum absolute atomic E-state index is 0.00495. The fraction of sp³-hybridized carbons (Fsp3) is 0. The smallest absolute Gasteiger partial charge is 0.263 e. The topological polar surface area (TPSA) is 21.5 Å².